The molecule has 1 saturated heterocycles. The fraction of sp³-hybridized carbons (Fsp3) is 0.542. The van der Waals surface area contributed by atoms with Crippen molar-refractivity contribution in [2.45, 2.75) is 56.9 Å². The highest BCUT2D eigenvalue weighted by atomic mass is 19.4. The van der Waals surface area contributed by atoms with Crippen LogP contribution in [0.15, 0.2) is 41.0 Å². The van der Waals surface area contributed by atoms with Crippen molar-refractivity contribution in [3.05, 3.63) is 53.5 Å². The monoisotopic (exact) mass is 447 g/mol. The largest absolute Gasteiger partial charge is 0.467 e. The van der Waals surface area contributed by atoms with Gasteiger partial charge in [-0.15, -0.1) is 0 Å². The maximum absolute atomic E-state index is 13.3. The number of alkyl halides is 3. The SMILES string of the molecule is O=C(NCc1ccco1)[C@H]1Cc2cc(C(F)(F)F)ccc2N2CCN(C3CCCC3)C[C@@H]12. The van der Waals surface area contributed by atoms with Crippen LogP contribution in [0.4, 0.5) is 18.9 Å². The van der Waals surface area contributed by atoms with Gasteiger partial charge in [-0.25, -0.2) is 0 Å². The first-order chi connectivity index (χ1) is 15.4. The van der Waals surface area contributed by atoms with Gasteiger partial charge in [-0.3, -0.25) is 9.69 Å². The van der Waals surface area contributed by atoms with E-state index in [1.54, 1.807) is 24.5 Å². The summed E-state index contributed by atoms with van der Waals surface area (Å²) in [6.45, 7) is 2.64. The highest BCUT2D eigenvalue weighted by Gasteiger charge is 2.43. The molecule has 0 bridgehead atoms. The van der Waals surface area contributed by atoms with Crippen LogP contribution in [-0.4, -0.2) is 42.5 Å². The summed E-state index contributed by atoms with van der Waals surface area (Å²) in [5.74, 6) is 0.111. The van der Waals surface area contributed by atoms with Crippen molar-refractivity contribution < 1.29 is 22.4 Å². The Morgan fingerprint density at radius 3 is 2.69 bits per heavy atom. The van der Waals surface area contributed by atoms with Crippen LogP contribution in [0, 0.1) is 5.92 Å². The number of carbonyl (C=O) groups is 1. The molecule has 5 rings (SSSR count). The molecule has 2 aromatic rings. The summed E-state index contributed by atoms with van der Waals surface area (Å²) in [4.78, 5) is 17.9. The Hall–Kier alpha value is -2.48. The van der Waals surface area contributed by atoms with E-state index in [0.29, 0.717) is 23.8 Å². The Bertz CT molecular complexity index is 954. The van der Waals surface area contributed by atoms with Gasteiger partial charge in [0.2, 0.25) is 5.91 Å². The summed E-state index contributed by atoms with van der Waals surface area (Å²) in [7, 11) is 0. The standard InChI is InChI=1S/C24H28F3N3O2/c25-24(26,27)17-7-8-21-16(12-17)13-20(23(31)28-14-19-6-3-11-32-19)22-15-29(9-10-30(21)22)18-4-1-2-5-18/h3,6-8,11-12,18,20,22H,1-2,4-5,9-10,13-15H2,(H,28,31)/t20-,22-/m0/s1. The van der Waals surface area contributed by atoms with Gasteiger partial charge >= 0.3 is 6.18 Å². The average Bonchev–Trinajstić information content (AvgIpc) is 3.50. The summed E-state index contributed by atoms with van der Waals surface area (Å²) >= 11 is 0. The third-order valence-electron chi connectivity index (χ3n) is 7.27. The number of piperazine rings is 1. The molecule has 1 aliphatic carbocycles. The lowest BCUT2D eigenvalue weighted by atomic mass is 9.82. The predicted molar refractivity (Wildman–Crippen MR) is 114 cm³/mol. The maximum atomic E-state index is 13.3. The normalized spacial score (nSPS) is 24.3. The van der Waals surface area contributed by atoms with E-state index in [4.69, 9.17) is 4.42 Å². The van der Waals surface area contributed by atoms with E-state index < -0.39 is 17.7 Å². The molecule has 1 N–H and O–H groups in total. The lowest BCUT2D eigenvalue weighted by Crippen LogP contribution is -2.62. The lowest BCUT2D eigenvalue weighted by molar-refractivity contribution is -0.137. The van der Waals surface area contributed by atoms with Gasteiger partial charge in [0, 0.05) is 31.4 Å². The molecule has 2 fully saturated rings. The molecule has 172 valence electrons. The Kier molecular flexibility index (Phi) is 5.65. The van der Waals surface area contributed by atoms with Gasteiger partial charge in [0.1, 0.15) is 5.76 Å². The van der Waals surface area contributed by atoms with E-state index >= 15 is 0 Å². The minimum atomic E-state index is -4.40. The molecule has 0 unspecified atom stereocenters. The molecule has 2 atom stereocenters. The van der Waals surface area contributed by atoms with Gasteiger partial charge in [-0.1, -0.05) is 12.8 Å². The molecule has 0 spiro atoms. The Morgan fingerprint density at radius 2 is 1.97 bits per heavy atom. The number of rotatable bonds is 4. The van der Waals surface area contributed by atoms with Crippen LogP contribution >= 0.6 is 0 Å². The van der Waals surface area contributed by atoms with Crippen LogP contribution < -0.4 is 10.2 Å². The Morgan fingerprint density at radius 1 is 1.16 bits per heavy atom. The number of amides is 1. The van der Waals surface area contributed by atoms with Crippen molar-refractivity contribution in [3.8, 4) is 0 Å². The summed E-state index contributed by atoms with van der Waals surface area (Å²) in [6, 6.07) is 8.04. The van der Waals surface area contributed by atoms with Gasteiger partial charge < -0.3 is 14.6 Å². The number of fused-ring (bicyclic) bond motifs is 3. The fourth-order valence-electron chi connectivity index (χ4n) is 5.64. The third-order valence-corrected chi connectivity index (χ3v) is 7.27. The summed E-state index contributed by atoms with van der Waals surface area (Å²) < 4.78 is 45.3. The maximum Gasteiger partial charge on any atom is 0.416 e. The lowest BCUT2D eigenvalue weighted by Gasteiger charge is -2.50. The summed E-state index contributed by atoms with van der Waals surface area (Å²) in [6.07, 6.45) is 2.32. The van der Waals surface area contributed by atoms with Crippen molar-refractivity contribution in [1.29, 1.82) is 0 Å². The van der Waals surface area contributed by atoms with Gasteiger partial charge in [-0.2, -0.15) is 13.2 Å². The van der Waals surface area contributed by atoms with Crippen molar-refractivity contribution in [3.63, 3.8) is 0 Å². The number of carbonyl (C=O) groups excluding carboxylic acids is 1. The molecule has 1 aromatic carbocycles. The molecule has 5 nitrogen and oxygen atoms in total. The number of halogens is 3. The number of hydrogen-bond acceptors (Lipinski definition) is 4. The van der Waals surface area contributed by atoms with Crippen molar-refractivity contribution in [1.82, 2.24) is 10.2 Å². The second kappa shape index (κ2) is 8.46. The third kappa shape index (κ3) is 4.12. The molecule has 1 aromatic heterocycles. The number of nitrogens with zero attached hydrogens (tertiary/aromatic N) is 2. The smallest absolute Gasteiger partial charge is 0.416 e. The zero-order valence-electron chi connectivity index (χ0n) is 17.9. The molecule has 0 radical (unpaired) electrons. The number of anilines is 1. The number of benzene rings is 1. The van der Waals surface area contributed by atoms with Crippen LogP contribution in [0.2, 0.25) is 0 Å². The van der Waals surface area contributed by atoms with Gasteiger partial charge in [-0.05, 0) is 55.2 Å². The van der Waals surface area contributed by atoms with E-state index in [1.807, 2.05) is 0 Å². The fourth-order valence-corrected chi connectivity index (χ4v) is 5.64. The molecule has 3 heterocycles. The van der Waals surface area contributed by atoms with Crippen LogP contribution in [0.25, 0.3) is 0 Å². The highest BCUT2D eigenvalue weighted by molar-refractivity contribution is 5.82. The second-order valence-electron chi connectivity index (χ2n) is 9.14. The minimum absolute atomic E-state index is 0.0508. The molecular formula is C24H28F3N3O2. The van der Waals surface area contributed by atoms with E-state index in [9.17, 15) is 18.0 Å². The first-order valence-corrected chi connectivity index (χ1v) is 11.4. The Balaban J connectivity index is 1.42. The molecule has 32 heavy (non-hydrogen) atoms. The van der Waals surface area contributed by atoms with Crippen molar-refractivity contribution in [2.24, 2.45) is 5.92 Å². The number of hydrogen-bond donors (Lipinski definition) is 1. The minimum Gasteiger partial charge on any atom is -0.467 e. The predicted octanol–water partition coefficient (Wildman–Crippen LogP) is 4.22. The van der Waals surface area contributed by atoms with Crippen LogP contribution in [0.5, 0.6) is 0 Å². The zero-order chi connectivity index (χ0) is 22.3. The summed E-state index contributed by atoms with van der Waals surface area (Å²) in [5, 5.41) is 2.95. The number of nitrogens with one attached hydrogen (secondary N) is 1. The molecular weight excluding hydrogens is 419 g/mol. The van der Waals surface area contributed by atoms with E-state index in [1.165, 1.54) is 31.7 Å². The average molecular weight is 448 g/mol. The molecule has 8 heteroatoms. The first-order valence-electron chi connectivity index (χ1n) is 11.4. The van der Waals surface area contributed by atoms with Crippen molar-refractivity contribution in [2.75, 3.05) is 24.5 Å². The first kappa shape index (κ1) is 21.4. The van der Waals surface area contributed by atoms with Crippen molar-refractivity contribution >= 4 is 11.6 Å². The zero-order valence-corrected chi connectivity index (χ0v) is 17.9. The molecule has 2 aliphatic heterocycles. The topological polar surface area (TPSA) is 48.7 Å². The van der Waals surface area contributed by atoms with Gasteiger partial charge in [0.15, 0.2) is 0 Å². The second-order valence-corrected chi connectivity index (χ2v) is 9.14. The summed E-state index contributed by atoms with van der Waals surface area (Å²) in [5.41, 5.74) is 0.779. The van der Waals surface area contributed by atoms with E-state index in [-0.39, 0.29) is 18.5 Å². The molecule has 1 amide bonds. The van der Waals surface area contributed by atoms with E-state index in [0.717, 1.165) is 31.4 Å². The molecule has 1 saturated carbocycles. The number of furan rings is 1. The van der Waals surface area contributed by atoms with Crippen LogP contribution in [0.3, 0.4) is 0 Å². The van der Waals surface area contributed by atoms with E-state index in [2.05, 4.69) is 15.1 Å². The highest BCUT2D eigenvalue weighted by Crippen LogP contribution is 2.40. The van der Waals surface area contributed by atoms with Gasteiger partial charge in [0.05, 0.1) is 30.3 Å². The van der Waals surface area contributed by atoms with Gasteiger partial charge in [0.25, 0.3) is 0 Å². The Labute approximate surface area is 185 Å². The molecule has 3 aliphatic rings. The van der Waals surface area contributed by atoms with Crippen LogP contribution in [-0.2, 0) is 23.9 Å². The van der Waals surface area contributed by atoms with Crippen LogP contribution in [0.1, 0.15) is 42.6 Å². The quantitative estimate of drug-likeness (QED) is 0.763.